The van der Waals surface area contributed by atoms with Crippen LogP contribution in [-0.4, -0.2) is 44.0 Å². The fourth-order valence-electron chi connectivity index (χ4n) is 3.17. The third kappa shape index (κ3) is 5.65. The minimum Gasteiger partial charge on any atom is -0.480 e. The fourth-order valence-corrected chi connectivity index (χ4v) is 3.34. The Hall–Kier alpha value is -3.30. The third-order valence-corrected chi connectivity index (χ3v) is 5.05. The molecular weight excluding hydrogens is 425 g/mol. The molecule has 1 unspecified atom stereocenters. The van der Waals surface area contributed by atoms with Crippen molar-refractivity contribution in [2.45, 2.75) is 31.3 Å². The van der Waals surface area contributed by atoms with E-state index in [0.717, 1.165) is 5.56 Å². The number of carbonyl (C=O) groups is 2. The van der Waals surface area contributed by atoms with Crippen LogP contribution in [0.1, 0.15) is 29.4 Å². The maximum Gasteiger partial charge on any atom is 0.323 e. The van der Waals surface area contributed by atoms with E-state index in [1.54, 1.807) is 30.3 Å². The number of benzene rings is 2. The fraction of sp³-hybridized carbons (Fsp3) is 0.238. The molecule has 0 fully saturated rings. The number of amides is 1. The van der Waals surface area contributed by atoms with Crippen LogP contribution in [-0.2, 0) is 11.2 Å². The Labute approximate surface area is 182 Å². The van der Waals surface area contributed by atoms with Crippen molar-refractivity contribution in [3.63, 3.8) is 0 Å². The van der Waals surface area contributed by atoms with Gasteiger partial charge in [0.05, 0.1) is 6.20 Å². The van der Waals surface area contributed by atoms with Gasteiger partial charge in [-0.25, -0.2) is 4.39 Å². The van der Waals surface area contributed by atoms with Crippen LogP contribution >= 0.6 is 11.6 Å². The number of carboxylic acids is 1. The van der Waals surface area contributed by atoms with Crippen molar-refractivity contribution in [2.24, 2.45) is 5.73 Å². The number of carbonyl (C=O) groups excluding carboxylic acids is 1. The summed E-state index contributed by atoms with van der Waals surface area (Å²) in [4.78, 5) is 23.9. The number of halogens is 2. The number of nitrogens with two attached hydrogens (primary N) is 1. The maximum atomic E-state index is 14.1. The molecule has 1 amide bonds. The van der Waals surface area contributed by atoms with Gasteiger partial charge < -0.3 is 16.2 Å². The summed E-state index contributed by atoms with van der Waals surface area (Å²) in [6.45, 7) is 1.38. The Bertz CT molecular complexity index is 1070. The number of carboxylic acid groups (broad SMARTS) is 1. The number of rotatable bonds is 8. The van der Waals surface area contributed by atoms with Gasteiger partial charge in [0.15, 0.2) is 5.69 Å². The second kappa shape index (κ2) is 9.23. The molecule has 3 aromatic rings. The van der Waals surface area contributed by atoms with Crippen LogP contribution in [0.3, 0.4) is 0 Å². The number of hydrogen-bond acceptors (Lipinski definition) is 5. The highest BCUT2D eigenvalue weighted by Crippen LogP contribution is 2.27. The van der Waals surface area contributed by atoms with Gasteiger partial charge in [-0.15, -0.1) is 0 Å². The average Bonchev–Trinajstić information content (AvgIpc) is 3.25. The van der Waals surface area contributed by atoms with Gasteiger partial charge in [0.1, 0.15) is 11.4 Å². The highest BCUT2D eigenvalue weighted by atomic mass is 35.5. The van der Waals surface area contributed by atoms with Crippen LogP contribution in [0.2, 0.25) is 5.02 Å². The summed E-state index contributed by atoms with van der Waals surface area (Å²) in [5.41, 5.74) is 6.24. The number of nitrogens with one attached hydrogen (secondary N) is 2. The first kappa shape index (κ1) is 22.4. The number of aromatic amines is 1. The van der Waals surface area contributed by atoms with E-state index in [1.807, 2.05) is 0 Å². The second-order valence-electron chi connectivity index (χ2n) is 7.48. The molecule has 0 aliphatic carbocycles. The van der Waals surface area contributed by atoms with Gasteiger partial charge in [0.2, 0.25) is 0 Å². The SMILES string of the molecule is CC(N)(C[C@@H](Cc1ccc(-c2cc(Cl)ccc2F)cc1)NC(=O)c1cn[nH]n1)C(=O)O. The molecule has 3 rings (SSSR count). The summed E-state index contributed by atoms with van der Waals surface area (Å²) in [6.07, 6.45) is 1.55. The van der Waals surface area contributed by atoms with Crippen LogP contribution in [0.5, 0.6) is 0 Å². The quantitative estimate of drug-likeness (QED) is 0.421. The Morgan fingerprint density at radius 1 is 1.29 bits per heavy atom. The van der Waals surface area contributed by atoms with Crippen LogP contribution in [0, 0.1) is 5.82 Å². The molecule has 2 aromatic carbocycles. The van der Waals surface area contributed by atoms with E-state index in [2.05, 4.69) is 20.7 Å². The molecule has 0 aliphatic rings. The van der Waals surface area contributed by atoms with Crippen LogP contribution in [0.15, 0.2) is 48.7 Å². The topological polar surface area (TPSA) is 134 Å². The zero-order chi connectivity index (χ0) is 22.6. The van der Waals surface area contributed by atoms with Gasteiger partial charge in [-0.1, -0.05) is 35.9 Å². The summed E-state index contributed by atoms with van der Waals surface area (Å²) >= 11 is 5.97. The first-order chi connectivity index (χ1) is 14.7. The van der Waals surface area contributed by atoms with E-state index in [0.29, 0.717) is 22.6 Å². The van der Waals surface area contributed by atoms with Crippen molar-refractivity contribution in [2.75, 3.05) is 0 Å². The van der Waals surface area contributed by atoms with E-state index in [4.69, 9.17) is 17.3 Å². The predicted molar refractivity (Wildman–Crippen MR) is 113 cm³/mol. The van der Waals surface area contributed by atoms with E-state index in [-0.39, 0.29) is 12.1 Å². The van der Waals surface area contributed by atoms with E-state index < -0.39 is 29.3 Å². The van der Waals surface area contributed by atoms with E-state index >= 15 is 0 Å². The monoisotopic (exact) mass is 445 g/mol. The van der Waals surface area contributed by atoms with Crippen LogP contribution in [0.25, 0.3) is 11.1 Å². The van der Waals surface area contributed by atoms with Crippen molar-refractivity contribution in [1.29, 1.82) is 0 Å². The summed E-state index contributed by atoms with van der Waals surface area (Å²) in [7, 11) is 0. The molecule has 8 nitrogen and oxygen atoms in total. The van der Waals surface area contributed by atoms with Crippen molar-refractivity contribution in [3.05, 3.63) is 70.8 Å². The molecule has 10 heteroatoms. The molecule has 0 saturated carbocycles. The van der Waals surface area contributed by atoms with Gasteiger partial charge in [0.25, 0.3) is 5.91 Å². The first-order valence-corrected chi connectivity index (χ1v) is 9.77. The van der Waals surface area contributed by atoms with E-state index in [9.17, 15) is 19.1 Å². The number of H-pyrrole nitrogens is 1. The van der Waals surface area contributed by atoms with Gasteiger partial charge in [-0.05, 0) is 49.1 Å². The van der Waals surface area contributed by atoms with Crippen LogP contribution < -0.4 is 11.1 Å². The maximum absolute atomic E-state index is 14.1. The van der Waals surface area contributed by atoms with Gasteiger partial charge in [-0.2, -0.15) is 15.4 Å². The molecule has 31 heavy (non-hydrogen) atoms. The lowest BCUT2D eigenvalue weighted by Crippen LogP contribution is -2.51. The minimum absolute atomic E-state index is 0.0173. The van der Waals surface area contributed by atoms with Crippen molar-refractivity contribution < 1.29 is 19.1 Å². The average molecular weight is 446 g/mol. The largest absolute Gasteiger partial charge is 0.480 e. The summed E-state index contributed by atoms with van der Waals surface area (Å²) in [6, 6.07) is 10.7. The van der Waals surface area contributed by atoms with Crippen molar-refractivity contribution >= 4 is 23.5 Å². The Morgan fingerprint density at radius 3 is 2.61 bits per heavy atom. The molecule has 0 spiro atoms. The smallest absolute Gasteiger partial charge is 0.323 e. The lowest BCUT2D eigenvalue weighted by Gasteiger charge is -2.26. The lowest BCUT2D eigenvalue weighted by molar-refractivity contribution is -0.143. The first-order valence-electron chi connectivity index (χ1n) is 9.39. The molecule has 162 valence electrons. The Kier molecular flexibility index (Phi) is 6.67. The summed E-state index contributed by atoms with van der Waals surface area (Å²) < 4.78 is 14.1. The summed E-state index contributed by atoms with van der Waals surface area (Å²) in [5, 5.41) is 22.2. The minimum atomic E-state index is -1.55. The molecule has 0 radical (unpaired) electrons. The number of aromatic nitrogens is 3. The molecule has 0 bridgehead atoms. The van der Waals surface area contributed by atoms with E-state index in [1.165, 1.54) is 25.3 Å². The number of hydrogen-bond donors (Lipinski definition) is 4. The predicted octanol–water partition coefficient (Wildman–Crippen LogP) is 2.80. The van der Waals surface area contributed by atoms with Gasteiger partial charge in [0, 0.05) is 16.6 Å². The molecular formula is C21H21ClFN5O3. The third-order valence-electron chi connectivity index (χ3n) is 4.82. The standard InChI is InChI=1S/C21H21ClFN5O3/c1-21(24,20(30)31)10-15(26-19(29)18-11-25-28-27-18)8-12-2-4-13(5-3-12)16-9-14(22)6-7-17(16)23/h2-7,9,11,15H,8,10,24H2,1H3,(H,26,29)(H,30,31)(H,25,27,28)/t15-,21?/m1/s1. The molecule has 5 N–H and O–H groups in total. The van der Waals surface area contributed by atoms with Gasteiger partial charge >= 0.3 is 5.97 Å². The normalized spacial score (nSPS) is 13.9. The zero-order valence-electron chi connectivity index (χ0n) is 16.6. The second-order valence-corrected chi connectivity index (χ2v) is 7.91. The lowest BCUT2D eigenvalue weighted by atomic mass is 9.90. The highest BCUT2D eigenvalue weighted by molar-refractivity contribution is 6.30. The number of aliphatic carboxylic acids is 1. The molecule has 1 heterocycles. The molecule has 1 aromatic heterocycles. The van der Waals surface area contributed by atoms with Crippen LogP contribution in [0.4, 0.5) is 4.39 Å². The molecule has 0 saturated heterocycles. The summed E-state index contributed by atoms with van der Waals surface area (Å²) in [5.74, 6) is -2.08. The van der Waals surface area contributed by atoms with Crippen molar-refractivity contribution in [3.8, 4) is 11.1 Å². The van der Waals surface area contributed by atoms with Gasteiger partial charge in [-0.3, -0.25) is 9.59 Å². The zero-order valence-corrected chi connectivity index (χ0v) is 17.4. The molecule has 0 aliphatic heterocycles. The Morgan fingerprint density at radius 2 is 2.00 bits per heavy atom. The highest BCUT2D eigenvalue weighted by Gasteiger charge is 2.32. The number of nitrogens with zero attached hydrogens (tertiary/aromatic N) is 2. The van der Waals surface area contributed by atoms with Crippen molar-refractivity contribution in [1.82, 2.24) is 20.7 Å². The Balaban J connectivity index is 1.80. The molecule has 2 atom stereocenters.